The minimum Gasteiger partial charge on any atom is -0.496 e. The molecule has 2 saturated heterocycles. The van der Waals surface area contributed by atoms with Gasteiger partial charge in [0.25, 0.3) is 0 Å². The Bertz CT molecular complexity index is 484. The van der Waals surface area contributed by atoms with Crippen LogP contribution >= 0.6 is 11.6 Å². The lowest BCUT2D eigenvalue weighted by molar-refractivity contribution is 0.0488. The van der Waals surface area contributed by atoms with E-state index in [1.807, 2.05) is 18.2 Å². The SMILES string of the molecule is COc1ccc(Cl)cc1CN1CCN(CC2CCCO2)CC1. The zero-order valence-electron chi connectivity index (χ0n) is 13.3. The van der Waals surface area contributed by atoms with E-state index >= 15 is 0 Å². The first kappa shape index (κ1) is 16.1. The molecule has 0 aromatic heterocycles. The number of piperazine rings is 1. The number of hydrogen-bond donors (Lipinski definition) is 0. The van der Waals surface area contributed by atoms with Gasteiger partial charge in [-0.05, 0) is 31.0 Å². The monoisotopic (exact) mass is 324 g/mol. The normalized spacial score (nSPS) is 23.8. The highest BCUT2D eigenvalue weighted by Gasteiger charge is 2.23. The molecule has 0 N–H and O–H groups in total. The lowest BCUT2D eigenvalue weighted by atomic mass is 10.1. The van der Waals surface area contributed by atoms with Crippen LogP contribution in [0.25, 0.3) is 0 Å². The Morgan fingerprint density at radius 2 is 2.00 bits per heavy atom. The maximum atomic E-state index is 6.11. The van der Waals surface area contributed by atoms with Crippen LogP contribution in [0.4, 0.5) is 0 Å². The number of hydrogen-bond acceptors (Lipinski definition) is 4. The summed E-state index contributed by atoms with van der Waals surface area (Å²) in [6.45, 7) is 7.33. The van der Waals surface area contributed by atoms with E-state index < -0.39 is 0 Å². The minimum atomic E-state index is 0.458. The van der Waals surface area contributed by atoms with E-state index in [9.17, 15) is 0 Å². The topological polar surface area (TPSA) is 24.9 Å². The second kappa shape index (κ2) is 7.64. The molecule has 2 aliphatic rings. The summed E-state index contributed by atoms with van der Waals surface area (Å²) in [5.74, 6) is 0.922. The van der Waals surface area contributed by atoms with Gasteiger partial charge in [-0.1, -0.05) is 11.6 Å². The van der Waals surface area contributed by atoms with Crippen molar-refractivity contribution in [1.82, 2.24) is 9.80 Å². The van der Waals surface area contributed by atoms with Crippen molar-refractivity contribution in [2.45, 2.75) is 25.5 Å². The summed E-state index contributed by atoms with van der Waals surface area (Å²) in [6, 6.07) is 5.84. The Morgan fingerprint density at radius 1 is 1.23 bits per heavy atom. The molecule has 2 fully saturated rings. The Kier molecular flexibility index (Phi) is 5.58. The number of rotatable bonds is 5. The fourth-order valence-corrected chi connectivity index (χ4v) is 3.51. The summed E-state index contributed by atoms with van der Waals surface area (Å²) in [5, 5.41) is 0.771. The molecule has 0 radical (unpaired) electrons. The largest absolute Gasteiger partial charge is 0.496 e. The molecular weight excluding hydrogens is 300 g/mol. The van der Waals surface area contributed by atoms with Crippen LogP contribution in [0, 0.1) is 0 Å². The first-order valence-electron chi connectivity index (χ1n) is 8.13. The third kappa shape index (κ3) is 4.13. The number of benzene rings is 1. The van der Waals surface area contributed by atoms with Gasteiger partial charge in [-0.2, -0.15) is 0 Å². The molecule has 0 aliphatic carbocycles. The van der Waals surface area contributed by atoms with Crippen LogP contribution in [-0.4, -0.2) is 62.3 Å². The van der Waals surface area contributed by atoms with Crippen LogP contribution in [0.2, 0.25) is 5.02 Å². The highest BCUT2D eigenvalue weighted by Crippen LogP contribution is 2.24. The Balaban J connectivity index is 1.50. The highest BCUT2D eigenvalue weighted by atomic mass is 35.5. The van der Waals surface area contributed by atoms with Gasteiger partial charge in [0.1, 0.15) is 5.75 Å². The second-order valence-electron chi connectivity index (χ2n) is 6.17. The van der Waals surface area contributed by atoms with Gasteiger partial charge in [0, 0.05) is 56.5 Å². The molecule has 2 aliphatic heterocycles. The van der Waals surface area contributed by atoms with Crippen LogP contribution in [0.1, 0.15) is 18.4 Å². The van der Waals surface area contributed by atoms with Gasteiger partial charge >= 0.3 is 0 Å². The lowest BCUT2D eigenvalue weighted by Gasteiger charge is -2.35. The van der Waals surface area contributed by atoms with Crippen LogP contribution in [0.3, 0.4) is 0 Å². The van der Waals surface area contributed by atoms with Gasteiger partial charge in [0.2, 0.25) is 0 Å². The van der Waals surface area contributed by atoms with Crippen molar-refractivity contribution in [3.05, 3.63) is 28.8 Å². The molecule has 3 rings (SSSR count). The van der Waals surface area contributed by atoms with Crippen molar-refractivity contribution >= 4 is 11.6 Å². The summed E-state index contributed by atoms with van der Waals surface area (Å²) in [6.07, 6.45) is 2.90. The molecule has 1 aromatic rings. The zero-order chi connectivity index (χ0) is 15.4. The van der Waals surface area contributed by atoms with Gasteiger partial charge in [-0.15, -0.1) is 0 Å². The quantitative estimate of drug-likeness (QED) is 0.831. The lowest BCUT2D eigenvalue weighted by Crippen LogP contribution is -2.48. The Hall–Kier alpha value is -0.810. The predicted octanol–water partition coefficient (Wildman–Crippen LogP) is 2.65. The molecule has 22 heavy (non-hydrogen) atoms. The van der Waals surface area contributed by atoms with E-state index in [0.29, 0.717) is 6.10 Å². The van der Waals surface area contributed by atoms with E-state index in [1.54, 1.807) is 7.11 Å². The Labute approximate surface area is 137 Å². The maximum absolute atomic E-state index is 6.11. The first-order chi connectivity index (χ1) is 10.7. The van der Waals surface area contributed by atoms with Crippen molar-refractivity contribution < 1.29 is 9.47 Å². The first-order valence-corrected chi connectivity index (χ1v) is 8.51. The molecule has 1 unspecified atom stereocenters. The van der Waals surface area contributed by atoms with E-state index in [1.165, 1.54) is 18.4 Å². The highest BCUT2D eigenvalue weighted by molar-refractivity contribution is 6.30. The molecule has 1 atom stereocenters. The third-order valence-electron chi connectivity index (χ3n) is 4.59. The fourth-order valence-electron chi connectivity index (χ4n) is 3.32. The number of methoxy groups -OCH3 is 1. The number of ether oxygens (including phenoxy) is 2. The van der Waals surface area contributed by atoms with E-state index in [4.69, 9.17) is 21.1 Å². The van der Waals surface area contributed by atoms with Crippen molar-refractivity contribution in [3.63, 3.8) is 0 Å². The molecular formula is C17H25ClN2O2. The second-order valence-corrected chi connectivity index (χ2v) is 6.60. The van der Waals surface area contributed by atoms with Gasteiger partial charge in [0.15, 0.2) is 0 Å². The summed E-state index contributed by atoms with van der Waals surface area (Å²) in [4.78, 5) is 5.00. The molecule has 5 heteroatoms. The van der Waals surface area contributed by atoms with Crippen molar-refractivity contribution in [3.8, 4) is 5.75 Å². The molecule has 1 aromatic carbocycles. The average Bonchev–Trinajstić information content (AvgIpc) is 3.02. The standard InChI is InChI=1S/C17H25ClN2O2/c1-21-17-5-4-15(18)11-14(17)12-19-6-8-20(9-7-19)13-16-3-2-10-22-16/h4-5,11,16H,2-3,6-10,12-13H2,1H3. The van der Waals surface area contributed by atoms with E-state index in [2.05, 4.69) is 9.80 Å². The smallest absolute Gasteiger partial charge is 0.123 e. The summed E-state index contributed by atoms with van der Waals surface area (Å²) in [5.41, 5.74) is 1.17. The van der Waals surface area contributed by atoms with Crippen LogP contribution < -0.4 is 4.74 Å². The number of nitrogens with zero attached hydrogens (tertiary/aromatic N) is 2. The molecule has 0 saturated carbocycles. The van der Waals surface area contributed by atoms with Gasteiger partial charge in [-0.3, -0.25) is 9.80 Å². The van der Waals surface area contributed by atoms with Crippen molar-refractivity contribution in [1.29, 1.82) is 0 Å². The fraction of sp³-hybridized carbons (Fsp3) is 0.647. The minimum absolute atomic E-state index is 0.458. The van der Waals surface area contributed by atoms with Crippen molar-refractivity contribution in [2.24, 2.45) is 0 Å². The Morgan fingerprint density at radius 3 is 2.68 bits per heavy atom. The van der Waals surface area contributed by atoms with Crippen LogP contribution in [-0.2, 0) is 11.3 Å². The van der Waals surface area contributed by atoms with E-state index in [-0.39, 0.29) is 0 Å². The van der Waals surface area contributed by atoms with Crippen LogP contribution in [0.5, 0.6) is 5.75 Å². The van der Waals surface area contributed by atoms with Crippen LogP contribution in [0.15, 0.2) is 18.2 Å². The third-order valence-corrected chi connectivity index (χ3v) is 4.82. The predicted molar refractivity (Wildman–Crippen MR) is 88.7 cm³/mol. The number of halogens is 1. The summed E-state index contributed by atoms with van der Waals surface area (Å²) >= 11 is 6.11. The van der Waals surface area contributed by atoms with Gasteiger partial charge < -0.3 is 9.47 Å². The molecule has 0 amide bonds. The molecule has 4 nitrogen and oxygen atoms in total. The molecule has 0 bridgehead atoms. The van der Waals surface area contributed by atoms with E-state index in [0.717, 1.165) is 56.6 Å². The molecule has 122 valence electrons. The molecule has 2 heterocycles. The summed E-state index contributed by atoms with van der Waals surface area (Å²) < 4.78 is 11.2. The van der Waals surface area contributed by atoms with Gasteiger partial charge in [0.05, 0.1) is 13.2 Å². The zero-order valence-corrected chi connectivity index (χ0v) is 14.0. The van der Waals surface area contributed by atoms with Crippen molar-refractivity contribution in [2.75, 3.05) is 46.4 Å². The maximum Gasteiger partial charge on any atom is 0.123 e. The molecule has 0 spiro atoms. The average molecular weight is 325 g/mol. The summed E-state index contributed by atoms with van der Waals surface area (Å²) in [7, 11) is 1.71. The van der Waals surface area contributed by atoms with Gasteiger partial charge in [-0.25, -0.2) is 0 Å².